The molecule has 0 heterocycles. The first-order valence-electron chi connectivity index (χ1n) is 4.67. The Morgan fingerprint density at radius 1 is 1.13 bits per heavy atom. The predicted molar refractivity (Wildman–Crippen MR) is 54.8 cm³/mol. The SMILES string of the molecule is O=S(=O)(OCCCCF)c1ccccc1. The van der Waals surface area contributed by atoms with Crippen LogP contribution in [0.2, 0.25) is 0 Å². The van der Waals surface area contributed by atoms with Gasteiger partial charge >= 0.3 is 0 Å². The molecule has 0 unspecified atom stereocenters. The van der Waals surface area contributed by atoms with Crippen LogP contribution in [-0.4, -0.2) is 21.7 Å². The van der Waals surface area contributed by atoms with Crippen molar-refractivity contribution >= 4 is 10.1 Å². The maximum absolute atomic E-state index is 11.7. The Hall–Kier alpha value is -0.940. The minimum atomic E-state index is -3.66. The van der Waals surface area contributed by atoms with E-state index in [2.05, 4.69) is 0 Å². The molecule has 0 aliphatic heterocycles. The van der Waals surface area contributed by atoms with Crippen molar-refractivity contribution in [2.45, 2.75) is 17.7 Å². The van der Waals surface area contributed by atoms with Crippen molar-refractivity contribution in [2.24, 2.45) is 0 Å². The summed E-state index contributed by atoms with van der Waals surface area (Å²) in [5, 5.41) is 0. The molecule has 1 aromatic carbocycles. The molecule has 84 valence electrons. The molecular weight excluding hydrogens is 219 g/mol. The normalized spacial score (nSPS) is 11.5. The number of hydrogen-bond donors (Lipinski definition) is 0. The highest BCUT2D eigenvalue weighted by molar-refractivity contribution is 7.86. The summed E-state index contributed by atoms with van der Waals surface area (Å²) < 4.78 is 39.4. The Bertz CT molecular complexity index is 375. The van der Waals surface area contributed by atoms with Crippen LogP contribution in [0.3, 0.4) is 0 Å². The molecule has 15 heavy (non-hydrogen) atoms. The molecule has 1 aromatic rings. The lowest BCUT2D eigenvalue weighted by Gasteiger charge is -2.04. The molecule has 0 amide bonds. The summed E-state index contributed by atoms with van der Waals surface area (Å²) in [5.74, 6) is 0. The lowest BCUT2D eigenvalue weighted by molar-refractivity contribution is 0.299. The summed E-state index contributed by atoms with van der Waals surface area (Å²) >= 11 is 0. The van der Waals surface area contributed by atoms with Crippen molar-refractivity contribution in [1.29, 1.82) is 0 Å². The second kappa shape index (κ2) is 5.82. The first-order chi connectivity index (χ1) is 7.17. The van der Waals surface area contributed by atoms with Crippen molar-refractivity contribution in [3.63, 3.8) is 0 Å². The third-order valence-electron chi connectivity index (χ3n) is 1.80. The van der Waals surface area contributed by atoms with Gasteiger partial charge in [-0.1, -0.05) is 18.2 Å². The molecule has 3 nitrogen and oxygen atoms in total. The first-order valence-corrected chi connectivity index (χ1v) is 6.08. The topological polar surface area (TPSA) is 43.4 Å². The molecular formula is C10H13FO3S. The number of benzene rings is 1. The van der Waals surface area contributed by atoms with E-state index < -0.39 is 16.8 Å². The Morgan fingerprint density at radius 2 is 1.80 bits per heavy atom. The number of hydrogen-bond acceptors (Lipinski definition) is 3. The van der Waals surface area contributed by atoms with Crippen molar-refractivity contribution < 1.29 is 17.0 Å². The zero-order valence-corrected chi connectivity index (χ0v) is 9.04. The zero-order valence-electron chi connectivity index (χ0n) is 8.23. The van der Waals surface area contributed by atoms with Crippen molar-refractivity contribution in [3.8, 4) is 0 Å². The second-order valence-electron chi connectivity index (χ2n) is 2.99. The fourth-order valence-corrected chi connectivity index (χ4v) is 1.98. The average molecular weight is 232 g/mol. The Kier molecular flexibility index (Phi) is 4.71. The Labute approximate surface area is 89.0 Å². The Balaban J connectivity index is 2.53. The highest BCUT2D eigenvalue weighted by Crippen LogP contribution is 2.11. The van der Waals surface area contributed by atoms with Crippen LogP contribution in [0.4, 0.5) is 4.39 Å². The molecule has 1 rings (SSSR count). The molecule has 0 fully saturated rings. The van der Waals surface area contributed by atoms with Crippen LogP contribution in [0, 0.1) is 0 Å². The molecule has 0 aliphatic rings. The molecule has 5 heteroatoms. The lowest BCUT2D eigenvalue weighted by Crippen LogP contribution is -2.07. The van der Waals surface area contributed by atoms with Gasteiger partial charge in [-0.3, -0.25) is 8.57 Å². The van der Waals surface area contributed by atoms with Crippen LogP contribution < -0.4 is 0 Å². The van der Waals surface area contributed by atoms with Crippen molar-refractivity contribution in [2.75, 3.05) is 13.3 Å². The van der Waals surface area contributed by atoms with Gasteiger partial charge in [-0.2, -0.15) is 8.42 Å². The number of alkyl halides is 1. The van der Waals surface area contributed by atoms with Gasteiger partial charge in [0, 0.05) is 0 Å². The van der Waals surface area contributed by atoms with Crippen LogP contribution >= 0.6 is 0 Å². The fraction of sp³-hybridized carbons (Fsp3) is 0.400. The van der Waals surface area contributed by atoms with Crippen molar-refractivity contribution in [1.82, 2.24) is 0 Å². The van der Waals surface area contributed by atoms with Crippen LogP contribution in [0.1, 0.15) is 12.8 Å². The van der Waals surface area contributed by atoms with E-state index in [9.17, 15) is 12.8 Å². The second-order valence-corrected chi connectivity index (χ2v) is 4.60. The third kappa shape index (κ3) is 3.97. The largest absolute Gasteiger partial charge is 0.296 e. The molecule has 0 bridgehead atoms. The summed E-state index contributed by atoms with van der Waals surface area (Å²) in [6, 6.07) is 7.90. The number of unbranched alkanes of at least 4 members (excludes halogenated alkanes) is 1. The number of halogens is 1. The molecule has 0 spiro atoms. The average Bonchev–Trinajstić information content (AvgIpc) is 2.26. The van der Waals surface area contributed by atoms with Gasteiger partial charge in [0.25, 0.3) is 10.1 Å². The van der Waals surface area contributed by atoms with Gasteiger partial charge in [0.1, 0.15) is 0 Å². The van der Waals surface area contributed by atoms with E-state index in [1.54, 1.807) is 18.2 Å². The van der Waals surface area contributed by atoms with E-state index in [0.717, 1.165) is 0 Å². The lowest BCUT2D eigenvalue weighted by atomic mass is 10.4. The Morgan fingerprint density at radius 3 is 2.40 bits per heavy atom. The van der Waals surface area contributed by atoms with Crippen molar-refractivity contribution in [3.05, 3.63) is 30.3 Å². The maximum atomic E-state index is 11.7. The minimum Gasteiger partial charge on any atom is -0.266 e. The van der Waals surface area contributed by atoms with Gasteiger partial charge in [-0.05, 0) is 25.0 Å². The molecule has 0 aromatic heterocycles. The summed E-state index contributed by atoms with van der Waals surface area (Å²) in [6.45, 7) is -0.421. The molecule has 0 N–H and O–H groups in total. The van der Waals surface area contributed by atoms with Crippen LogP contribution in [0.15, 0.2) is 35.2 Å². The van der Waals surface area contributed by atoms with E-state index in [1.165, 1.54) is 12.1 Å². The van der Waals surface area contributed by atoms with Crippen LogP contribution in [-0.2, 0) is 14.3 Å². The van der Waals surface area contributed by atoms with E-state index >= 15 is 0 Å². The van der Waals surface area contributed by atoms with Gasteiger partial charge in [0.05, 0.1) is 18.2 Å². The quantitative estimate of drug-likeness (QED) is 0.557. The van der Waals surface area contributed by atoms with E-state index in [-0.39, 0.29) is 11.5 Å². The monoisotopic (exact) mass is 232 g/mol. The van der Waals surface area contributed by atoms with Crippen LogP contribution in [0.25, 0.3) is 0 Å². The van der Waals surface area contributed by atoms with E-state index in [1.807, 2.05) is 0 Å². The highest BCUT2D eigenvalue weighted by atomic mass is 32.2. The summed E-state index contributed by atoms with van der Waals surface area (Å²) in [6.07, 6.45) is 0.729. The molecule has 0 atom stereocenters. The van der Waals surface area contributed by atoms with Gasteiger partial charge in [0.2, 0.25) is 0 Å². The molecule has 0 radical (unpaired) electrons. The highest BCUT2D eigenvalue weighted by Gasteiger charge is 2.13. The standard InChI is InChI=1S/C10H13FO3S/c11-8-4-5-9-14-15(12,13)10-6-2-1-3-7-10/h1-3,6-7H,4-5,8-9H2. The first kappa shape index (κ1) is 12.1. The maximum Gasteiger partial charge on any atom is 0.296 e. The predicted octanol–water partition coefficient (Wildman–Crippen LogP) is 2.14. The van der Waals surface area contributed by atoms with E-state index in [4.69, 9.17) is 4.18 Å². The van der Waals surface area contributed by atoms with Gasteiger partial charge < -0.3 is 0 Å². The van der Waals surface area contributed by atoms with Gasteiger partial charge in [0.15, 0.2) is 0 Å². The summed E-state index contributed by atoms with van der Waals surface area (Å²) in [5.41, 5.74) is 0. The molecule has 0 saturated carbocycles. The van der Waals surface area contributed by atoms with Gasteiger partial charge in [-0.15, -0.1) is 0 Å². The fourth-order valence-electron chi connectivity index (χ4n) is 1.02. The minimum absolute atomic E-state index is 0.0289. The molecule has 0 aliphatic carbocycles. The third-order valence-corrected chi connectivity index (χ3v) is 3.12. The van der Waals surface area contributed by atoms with E-state index in [0.29, 0.717) is 12.8 Å². The van der Waals surface area contributed by atoms with Crippen LogP contribution in [0.5, 0.6) is 0 Å². The summed E-state index contributed by atoms with van der Waals surface area (Å²) in [4.78, 5) is 0.130. The molecule has 0 saturated heterocycles. The smallest absolute Gasteiger partial charge is 0.266 e. The summed E-state index contributed by atoms with van der Waals surface area (Å²) in [7, 11) is -3.66. The zero-order chi connectivity index (χ0) is 11.1. The number of rotatable bonds is 6. The van der Waals surface area contributed by atoms with Gasteiger partial charge in [-0.25, -0.2) is 0 Å².